The van der Waals surface area contributed by atoms with Crippen LogP contribution in [0.5, 0.6) is 0 Å². The van der Waals surface area contributed by atoms with E-state index >= 15 is 0 Å². The summed E-state index contributed by atoms with van der Waals surface area (Å²) in [6.45, 7) is 2.18. The van der Waals surface area contributed by atoms with Gasteiger partial charge >= 0.3 is 0 Å². The van der Waals surface area contributed by atoms with Crippen LogP contribution in [0.15, 0.2) is 42.5 Å². The van der Waals surface area contributed by atoms with Crippen LogP contribution in [0.3, 0.4) is 0 Å². The number of rotatable bonds is 0. The molecule has 1 aliphatic carbocycles. The monoisotopic (exact) mass is 258 g/mol. The molecule has 1 unspecified atom stereocenters. The Bertz CT molecular complexity index is 529. The van der Waals surface area contributed by atoms with Gasteiger partial charge in [0.25, 0.3) is 0 Å². The predicted octanol–water partition coefficient (Wildman–Crippen LogP) is 4.46. The summed E-state index contributed by atoms with van der Waals surface area (Å²) < 4.78 is 0. The van der Waals surface area contributed by atoms with Crippen molar-refractivity contribution in [2.24, 2.45) is 0 Å². The van der Waals surface area contributed by atoms with Gasteiger partial charge in [0.2, 0.25) is 0 Å². The lowest BCUT2D eigenvalue weighted by Crippen LogP contribution is -1.88. The molecule has 0 spiro atoms. The number of fused-ring (bicyclic) bond motifs is 3. The second kappa shape index (κ2) is 3.21. The van der Waals surface area contributed by atoms with Gasteiger partial charge in [-0.3, -0.25) is 0 Å². The molecular formula is C14H11Br. The molecule has 0 saturated heterocycles. The molecule has 0 nitrogen and oxygen atoms in total. The minimum atomic E-state index is 0.366. The van der Waals surface area contributed by atoms with Crippen LogP contribution in [0.1, 0.15) is 21.5 Å². The molecule has 1 atom stereocenters. The predicted molar refractivity (Wildman–Crippen MR) is 67.4 cm³/mol. The Kier molecular flexibility index (Phi) is 1.96. The zero-order valence-electron chi connectivity index (χ0n) is 8.50. The quantitative estimate of drug-likeness (QED) is 0.613. The fourth-order valence-corrected chi connectivity index (χ4v) is 3.38. The molecule has 0 aromatic heterocycles. The molecule has 0 amide bonds. The maximum atomic E-state index is 3.79. The second-order valence-corrected chi connectivity index (χ2v) is 4.90. The van der Waals surface area contributed by atoms with Gasteiger partial charge in [0, 0.05) is 0 Å². The highest BCUT2D eigenvalue weighted by Gasteiger charge is 2.26. The van der Waals surface area contributed by atoms with Crippen LogP contribution >= 0.6 is 15.9 Å². The fraction of sp³-hybridized carbons (Fsp3) is 0.143. The van der Waals surface area contributed by atoms with Crippen molar-refractivity contribution in [1.29, 1.82) is 0 Å². The van der Waals surface area contributed by atoms with Crippen molar-refractivity contribution in [1.82, 2.24) is 0 Å². The summed E-state index contributed by atoms with van der Waals surface area (Å²) in [5, 5.41) is 0. The summed E-state index contributed by atoms with van der Waals surface area (Å²) in [5.74, 6) is 0. The Morgan fingerprint density at radius 3 is 2.53 bits per heavy atom. The first kappa shape index (κ1) is 9.17. The summed E-state index contributed by atoms with van der Waals surface area (Å²) in [6.07, 6.45) is 0. The third-order valence-corrected chi connectivity index (χ3v) is 4.05. The third kappa shape index (κ3) is 1.19. The molecule has 1 aliphatic rings. The van der Waals surface area contributed by atoms with Crippen molar-refractivity contribution < 1.29 is 0 Å². The first-order valence-electron chi connectivity index (χ1n) is 5.12. The lowest BCUT2D eigenvalue weighted by Gasteiger charge is -2.07. The summed E-state index contributed by atoms with van der Waals surface area (Å²) in [4.78, 5) is 0.366. The molecule has 0 heterocycles. The first-order valence-corrected chi connectivity index (χ1v) is 6.03. The summed E-state index contributed by atoms with van der Waals surface area (Å²) >= 11 is 3.79. The molecule has 2 aromatic carbocycles. The van der Waals surface area contributed by atoms with E-state index < -0.39 is 0 Å². The highest BCUT2D eigenvalue weighted by atomic mass is 79.9. The van der Waals surface area contributed by atoms with E-state index in [1.165, 1.54) is 27.8 Å². The van der Waals surface area contributed by atoms with E-state index in [9.17, 15) is 0 Å². The average Bonchev–Trinajstić information content (AvgIpc) is 2.55. The lowest BCUT2D eigenvalue weighted by molar-refractivity contribution is 1.20. The molecular weight excluding hydrogens is 248 g/mol. The van der Waals surface area contributed by atoms with Crippen LogP contribution in [0.2, 0.25) is 0 Å². The van der Waals surface area contributed by atoms with Gasteiger partial charge in [-0.05, 0) is 34.7 Å². The highest BCUT2D eigenvalue weighted by Crippen LogP contribution is 2.48. The molecule has 74 valence electrons. The fourth-order valence-electron chi connectivity index (χ4n) is 2.37. The van der Waals surface area contributed by atoms with Crippen LogP contribution in [-0.4, -0.2) is 0 Å². The van der Waals surface area contributed by atoms with Gasteiger partial charge < -0.3 is 0 Å². The highest BCUT2D eigenvalue weighted by molar-refractivity contribution is 9.09. The minimum absolute atomic E-state index is 0.366. The van der Waals surface area contributed by atoms with Crippen LogP contribution in [0, 0.1) is 6.92 Å². The zero-order valence-corrected chi connectivity index (χ0v) is 10.1. The van der Waals surface area contributed by atoms with E-state index in [0.29, 0.717) is 4.83 Å². The minimum Gasteiger partial charge on any atom is -0.0786 e. The van der Waals surface area contributed by atoms with Gasteiger partial charge in [0.1, 0.15) is 0 Å². The van der Waals surface area contributed by atoms with Crippen molar-refractivity contribution in [2.75, 3.05) is 0 Å². The van der Waals surface area contributed by atoms with E-state index in [4.69, 9.17) is 0 Å². The molecule has 0 bridgehead atoms. The number of aryl methyl sites for hydroxylation is 1. The molecule has 2 aromatic rings. The standard InChI is InChI=1S/C14H11Br/c1-9-5-4-8-11-10-6-2-3-7-12(10)14(15)13(9)11/h2-8,14H,1H3. The normalized spacial score (nSPS) is 17.3. The topological polar surface area (TPSA) is 0 Å². The Labute approximate surface area is 98.1 Å². The van der Waals surface area contributed by atoms with E-state index in [2.05, 4.69) is 65.3 Å². The summed E-state index contributed by atoms with van der Waals surface area (Å²) in [7, 11) is 0. The first-order chi connectivity index (χ1) is 7.29. The van der Waals surface area contributed by atoms with Crippen molar-refractivity contribution >= 4 is 15.9 Å². The van der Waals surface area contributed by atoms with Gasteiger partial charge in [0.05, 0.1) is 4.83 Å². The van der Waals surface area contributed by atoms with Crippen LogP contribution in [-0.2, 0) is 0 Å². The lowest BCUT2D eigenvalue weighted by atomic mass is 10.0. The molecule has 0 N–H and O–H groups in total. The van der Waals surface area contributed by atoms with Crippen molar-refractivity contribution in [3.05, 3.63) is 59.2 Å². The number of hydrogen-bond donors (Lipinski definition) is 0. The third-order valence-electron chi connectivity index (χ3n) is 3.10. The Morgan fingerprint density at radius 2 is 1.67 bits per heavy atom. The van der Waals surface area contributed by atoms with E-state index in [1.807, 2.05) is 0 Å². The molecule has 0 saturated carbocycles. The number of hydrogen-bond acceptors (Lipinski definition) is 0. The van der Waals surface area contributed by atoms with E-state index in [1.54, 1.807) is 0 Å². The molecule has 0 aliphatic heterocycles. The van der Waals surface area contributed by atoms with Gasteiger partial charge in [-0.2, -0.15) is 0 Å². The van der Waals surface area contributed by atoms with Crippen LogP contribution < -0.4 is 0 Å². The van der Waals surface area contributed by atoms with E-state index in [-0.39, 0.29) is 0 Å². The van der Waals surface area contributed by atoms with Crippen LogP contribution in [0.25, 0.3) is 11.1 Å². The molecule has 0 fully saturated rings. The SMILES string of the molecule is Cc1cccc2c1C(Br)c1ccccc1-2. The summed E-state index contributed by atoms with van der Waals surface area (Å²) in [5.41, 5.74) is 6.94. The van der Waals surface area contributed by atoms with Gasteiger partial charge in [-0.25, -0.2) is 0 Å². The van der Waals surface area contributed by atoms with Crippen molar-refractivity contribution in [3.63, 3.8) is 0 Å². The maximum Gasteiger partial charge on any atom is 0.0659 e. The second-order valence-electron chi connectivity index (χ2n) is 3.99. The maximum absolute atomic E-state index is 3.79. The smallest absolute Gasteiger partial charge is 0.0659 e. The van der Waals surface area contributed by atoms with Crippen molar-refractivity contribution in [3.8, 4) is 11.1 Å². The Morgan fingerprint density at radius 1 is 0.933 bits per heavy atom. The molecule has 0 radical (unpaired) electrons. The Hall–Kier alpha value is -1.08. The summed E-state index contributed by atoms with van der Waals surface area (Å²) in [6, 6.07) is 15.1. The molecule has 15 heavy (non-hydrogen) atoms. The zero-order chi connectivity index (χ0) is 10.4. The van der Waals surface area contributed by atoms with Gasteiger partial charge in [0.15, 0.2) is 0 Å². The largest absolute Gasteiger partial charge is 0.0786 e. The van der Waals surface area contributed by atoms with Crippen LogP contribution in [0.4, 0.5) is 0 Å². The van der Waals surface area contributed by atoms with E-state index in [0.717, 1.165) is 0 Å². The number of halogens is 1. The average molecular weight is 259 g/mol. The molecule has 3 rings (SSSR count). The van der Waals surface area contributed by atoms with Gasteiger partial charge in [-0.15, -0.1) is 0 Å². The number of alkyl halides is 1. The number of benzene rings is 2. The van der Waals surface area contributed by atoms with Crippen molar-refractivity contribution in [2.45, 2.75) is 11.8 Å². The Balaban J connectivity index is 2.37. The molecule has 1 heteroatoms. The van der Waals surface area contributed by atoms with Gasteiger partial charge in [-0.1, -0.05) is 58.4 Å².